The van der Waals surface area contributed by atoms with Crippen LogP contribution >= 0.6 is 0 Å². The number of allylic oxidation sites excluding steroid dienone is 2. The van der Waals surface area contributed by atoms with Crippen molar-refractivity contribution in [1.29, 1.82) is 0 Å². The maximum absolute atomic E-state index is 11.7. The van der Waals surface area contributed by atoms with Gasteiger partial charge >= 0.3 is 0 Å². The van der Waals surface area contributed by atoms with E-state index in [4.69, 9.17) is 4.98 Å². The van der Waals surface area contributed by atoms with E-state index in [1.807, 2.05) is 33.9 Å². The maximum Gasteiger partial charge on any atom is 0.162 e. The fourth-order valence-corrected chi connectivity index (χ4v) is 5.71. The number of carbonyl (C=O) groups excluding carboxylic acids is 1. The van der Waals surface area contributed by atoms with Gasteiger partial charge in [0, 0.05) is 55.3 Å². The van der Waals surface area contributed by atoms with Crippen LogP contribution in [-0.4, -0.2) is 15.9 Å². The number of rotatable bonds is 10. The van der Waals surface area contributed by atoms with Gasteiger partial charge in [-0.3, -0.25) is 9.78 Å². The van der Waals surface area contributed by atoms with E-state index in [1.165, 1.54) is 50.2 Å². The van der Waals surface area contributed by atoms with E-state index in [2.05, 4.69) is 90.9 Å². The first-order chi connectivity index (χ1) is 20.2. The fraction of sp³-hybridized carbons (Fsp3) is 0.500. The number of carbonyl (C=O) groups is 1. The summed E-state index contributed by atoms with van der Waals surface area (Å²) < 4.78 is 0. The topological polar surface area (TPSA) is 50.2 Å². The summed E-state index contributed by atoms with van der Waals surface area (Å²) in [6, 6.07) is 15.1. The Morgan fingerprint density at radius 3 is 2.05 bits per heavy atom. The van der Waals surface area contributed by atoms with Crippen molar-refractivity contribution >= 4 is 28.2 Å². The molecule has 0 amide bonds. The molecular weight excluding hydrogens is 719 g/mol. The molecule has 0 spiro atoms. The summed E-state index contributed by atoms with van der Waals surface area (Å²) in [4.78, 5) is 16.5. The van der Waals surface area contributed by atoms with Gasteiger partial charge in [-0.25, -0.2) is 0 Å². The van der Waals surface area contributed by atoms with E-state index in [-0.39, 0.29) is 48.9 Å². The Kier molecular flexibility index (Phi) is 13.8. The Bertz CT molecular complexity index is 1450. The molecule has 0 fully saturated rings. The summed E-state index contributed by atoms with van der Waals surface area (Å²) in [6.45, 7) is 23.9. The van der Waals surface area contributed by atoms with Crippen LogP contribution in [0.2, 0.25) is 0 Å². The molecule has 44 heavy (non-hydrogen) atoms. The minimum absolute atomic E-state index is 0. The van der Waals surface area contributed by atoms with Crippen LogP contribution in [0, 0.1) is 17.9 Å². The van der Waals surface area contributed by atoms with Crippen LogP contribution in [-0.2, 0) is 30.3 Å². The number of nitrogens with zero attached hydrogens (tertiary/aromatic N) is 1. The number of benzene rings is 2. The summed E-state index contributed by atoms with van der Waals surface area (Å²) in [5.74, 6) is 1.50. The molecule has 1 aliphatic rings. The Hall–Kier alpha value is -2.55. The van der Waals surface area contributed by atoms with Gasteiger partial charge in [-0.2, -0.15) is 0 Å². The molecule has 2 aromatic carbocycles. The number of aromatic nitrogens is 1. The van der Waals surface area contributed by atoms with Gasteiger partial charge in [-0.15, -0.1) is 34.9 Å². The Labute approximate surface area is 281 Å². The molecule has 1 aliphatic carbocycles. The van der Waals surface area contributed by atoms with E-state index in [1.54, 1.807) is 0 Å². The second-order valence-electron chi connectivity index (χ2n) is 13.7. The van der Waals surface area contributed by atoms with E-state index in [0.29, 0.717) is 11.8 Å². The molecule has 0 saturated heterocycles. The van der Waals surface area contributed by atoms with Gasteiger partial charge < -0.3 is 5.11 Å². The summed E-state index contributed by atoms with van der Waals surface area (Å²) in [7, 11) is 0. The minimum atomic E-state index is 0. The van der Waals surface area contributed by atoms with Crippen LogP contribution in [0.25, 0.3) is 22.4 Å². The van der Waals surface area contributed by atoms with Gasteiger partial charge in [0.25, 0.3) is 0 Å². The molecule has 1 N–H and O–H groups in total. The van der Waals surface area contributed by atoms with Gasteiger partial charge in [0.05, 0.1) is 5.76 Å². The number of hydrogen-bond acceptors (Lipinski definition) is 3. The predicted molar refractivity (Wildman–Crippen MR) is 185 cm³/mol. The molecule has 4 rings (SSSR count). The average Bonchev–Trinajstić information content (AvgIpc) is 3.34. The zero-order valence-corrected chi connectivity index (χ0v) is 31.3. The third-order valence-corrected chi connectivity index (χ3v) is 8.89. The molecule has 1 radical (unpaired) electrons. The van der Waals surface area contributed by atoms with Crippen LogP contribution in [0.3, 0.4) is 0 Å². The zero-order valence-electron chi connectivity index (χ0n) is 28.9. The van der Waals surface area contributed by atoms with Crippen molar-refractivity contribution in [2.24, 2.45) is 11.8 Å². The number of hydrogen-bond donors (Lipinski definition) is 1. The number of pyridine rings is 1. The molecule has 3 nitrogen and oxygen atoms in total. The fourth-order valence-electron chi connectivity index (χ4n) is 5.71. The summed E-state index contributed by atoms with van der Waals surface area (Å²) in [5.41, 5.74) is 8.90. The maximum atomic E-state index is 11.7. The third-order valence-electron chi connectivity index (χ3n) is 8.89. The molecule has 1 heterocycles. The van der Waals surface area contributed by atoms with Crippen LogP contribution < -0.4 is 0 Å². The number of aliphatic hydroxyl groups excluding tert-OH is 1. The molecule has 0 bridgehead atoms. The molecule has 4 heteroatoms. The van der Waals surface area contributed by atoms with Crippen molar-refractivity contribution in [1.82, 2.24) is 4.98 Å². The summed E-state index contributed by atoms with van der Waals surface area (Å²) in [6.07, 6.45) is 9.17. The first kappa shape index (κ1) is 37.6. The van der Waals surface area contributed by atoms with Crippen molar-refractivity contribution in [3.8, 4) is 0 Å². The van der Waals surface area contributed by atoms with Crippen molar-refractivity contribution in [2.75, 3.05) is 0 Å². The molecule has 0 atom stereocenters. The number of ketones is 1. The van der Waals surface area contributed by atoms with Gasteiger partial charge in [0.15, 0.2) is 5.78 Å². The van der Waals surface area contributed by atoms with E-state index in [9.17, 15) is 9.90 Å². The van der Waals surface area contributed by atoms with Gasteiger partial charge in [-0.1, -0.05) is 99.9 Å². The molecule has 0 saturated carbocycles. The molecule has 1 aromatic heterocycles. The third kappa shape index (κ3) is 8.79. The molecular formula is C40H54IrNO2-. The van der Waals surface area contributed by atoms with Crippen LogP contribution in [0.5, 0.6) is 0 Å². The van der Waals surface area contributed by atoms with E-state index >= 15 is 0 Å². The average molecular weight is 773 g/mol. The minimum Gasteiger partial charge on any atom is -0.512 e. The van der Waals surface area contributed by atoms with Crippen molar-refractivity contribution in [3.05, 3.63) is 87.9 Å². The Balaban J connectivity index is 0.000000363. The normalized spacial score (nSPS) is 13.0. The first-order valence-corrected chi connectivity index (χ1v) is 16.4. The van der Waals surface area contributed by atoms with Crippen LogP contribution in [0.1, 0.15) is 147 Å². The molecule has 0 unspecified atom stereocenters. The largest absolute Gasteiger partial charge is 0.512 e. The molecule has 0 aliphatic heterocycles. The molecule has 241 valence electrons. The van der Waals surface area contributed by atoms with Gasteiger partial charge in [0.1, 0.15) is 0 Å². The van der Waals surface area contributed by atoms with Crippen molar-refractivity contribution in [2.45, 2.75) is 119 Å². The van der Waals surface area contributed by atoms with Crippen LogP contribution in [0.15, 0.2) is 48.4 Å². The quantitative estimate of drug-likeness (QED) is 0.0992. The smallest absolute Gasteiger partial charge is 0.162 e. The monoisotopic (exact) mass is 773 g/mol. The van der Waals surface area contributed by atoms with Crippen molar-refractivity contribution in [3.63, 3.8) is 0 Å². The standard InChI is InChI=1S/C27H30N.C13H24O2.Ir/c1-16(2)19-10-20(17(3)4)12-21(11-19)24-15-22-14-23(27(5,6)7)13-18-8-9-28-26(24)25(18)22;1-5-10(6-2)12(14)9-13(15)11(7-3)8-4;/h8-11,13-17H,1-7H3;9-11,14H,5-8H2,1-4H3;/q-1;;/b;12-9-;. The van der Waals surface area contributed by atoms with Gasteiger partial charge in [-0.05, 0) is 65.5 Å². The molecule has 3 aromatic rings. The first-order valence-electron chi connectivity index (χ1n) is 16.4. The SMILES string of the molecule is CC(C)c1[c-]c(C2=Cc3cc(C(C)(C)C)cc4ccnc2c34)cc(C(C)C)c1.CCC(CC)C(=O)/C=C(\O)C(CC)CC.[Ir]. The zero-order chi connectivity index (χ0) is 32.1. The predicted octanol–water partition coefficient (Wildman–Crippen LogP) is 11.3. The second kappa shape index (κ2) is 16.1. The summed E-state index contributed by atoms with van der Waals surface area (Å²) in [5, 5.41) is 12.3. The van der Waals surface area contributed by atoms with Crippen molar-refractivity contribution < 1.29 is 30.0 Å². The van der Waals surface area contributed by atoms with E-state index in [0.717, 1.165) is 31.4 Å². The Morgan fingerprint density at radius 1 is 0.909 bits per heavy atom. The van der Waals surface area contributed by atoms with E-state index < -0.39 is 0 Å². The number of aliphatic hydroxyl groups is 1. The second-order valence-corrected chi connectivity index (χ2v) is 13.7. The Morgan fingerprint density at radius 2 is 1.52 bits per heavy atom. The summed E-state index contributed by atoms with van der Waals surface area (Å²) >= 11 is 0. The van der Waals surface area contributed by atoms with Crippen LogP contribution in [0.4, 0.5) is 0 Å². The van der Waals surface area contributed by atoms with Gasteiger partial charge in [0.2, 0.25) is 0 Å².